The fourth-order valence-corrected chi connectivity index (χ4v) is 4.60. The molecule has 2 aromatic carbocycles. The fraction of sp³-hybridized carbons (Fsp3) is 0.281. The van der Waals surface area contributed by atoms with Crippen molar-refractivity contribution in [2.45, 2.75) is 53.0 Å². The summed E-state index contributed by atoms with van der Waals surface area (Å²) in [5.41, 5.74) is 20.2. The Morgan fingerprint density at radius 3 is 2.24 bits per heavy atom. The Labute approximate surface area is 261 Å². The van der Waals surface area contributed by atoms with Gasteiger partial charge in [0.15, 0.2) is 5.82 Å². The summed E-state index contributed by atoms with van der Waals surface area (Å²) in [7, 11) is 0. The van der Waals surface area contributed by atoms with Crippen molar-refractivity contribution in [3.8, 4) is 0 Å². The standard InChI is InChI=1S/C24H28FN7O.C7H6FNO2.CH4.H2/c1-2-3-8-19-31-21-22(20-18(30-23(21)27)7-6-12-28-20)32(19)13-5-4-11-29-24(33)15-9-10-16(25)17(26)14-15;8-5-2-1-4(7(10)11)3-6(5)9;;/h6-7,9-10,12,14H,2-5,8,11,13,26H2,1H3,(H2,27,30)(H,29,33);1-3H,9H2,(H,10,11);1H4;1H/i;;;1+1. The molecule has 3 heterocycles. The molecule has 3 aromatic heterocycles. The van der Waals surface area contributed by atoms with Crippen molar-refractivity contribution in [1.82, 2.24) is 24.8 Å². The SMILES string of the molecule is C.CCCCc1nc2c(N)nc3cccnc3c2n1CCCCNC(=O)c1ccc(F)c(N)c1.Nc1cc(C(=O)O)ccc1F.[2HH]. The fourth-order valence-electron chi connectivity index (χ4n) is 4.60. The van der Waals surface area contributed by atoms with Gasteiger partial charge < -0.3 is 32.2 Å². The van der Waals surface area contributed by atoms with E-state index in [0.717, 1.165) is 79.2 Å². The van der Waals surface area contributed by atoms with Crippen LogP contribution >= 0.6 is 0 Å². The molecule has 0 saturated carbocycles. The van der Waals surface area contributed by atoms with E-state index in [4.69, 9.17) is 27.3 Å². The molecule has 0 unspecified atom stereocenters. The highest BCUT2D eigenvalue weighted by molar-refractivity contribution is 6.04. The Kier molecular flexibility index (Phi) is 11.7. The van der Waals surface area contributed by atoms with Gasteiger partial charge in [-0.05, 0) is 67.8 Å². The highest BCUT2D eigenvalue weighted by atomic mass is 19.1. The molecule has 13 heteroatoms. The predicted molar refractivity (Wildman–Crippen MR) is 175 cm³/mol. The van der Waals surface area contributed by atoms with Crippen LogP contribution < -0.4 is 22.5 Å². The minimum absolute atomic E-state index is 0. The van der Waals surface area contributed by atoms with E-state index in [0.29, 0.717) is 23.4 Å². The normalized spacial score (nSPS) is 10.6. The van der Waals surface area contributed by atoms with E-state index < -0.39 is 17.6 Å². The van der Waals surface area contributed by atoms with Gasteiger partial charge >= 0.3 is 5.97 Å². The van der Waals surface area contributed by atoms with Crippen LogP contribution in [0.25, 0.3) is 22.1 Å². The number of aromatic nitrogens is 4. The highest BCUT2D eigenvalue weighted by Gasteiger charge is 2.18. The number of carboxylic acids is 1. The number of pyridine rings is 2. The van der Waals surface area contributed by atoms with E-state index in [2.05, 4.69) is 26.8 Å². The first kappa shape index (κ1) is 34.2. The number of aromatic carboxylic acids is 1. The zero-order valence-electron chi connectivity index (χ0n) is 24.2. The number of nitrogens with zero attached hydrogens (tertiary/aromatic N) is 4. The van der Waals surface area contributed by atoms with E-state index in [-0.39, 0.29) is 31.7 Å². The molecule has 240 valence electrons. The lowest BCUT2D eigenvalue weighted by Gasteiger charge is -2.11. The number of anilines is 3. The third kappa shape index (κ3) is 8.19. The maximum absolute atomic E-state index is 13.3. The maximum atomic E-state index is 13.3. The van der Waals surface area contributed by atoms with Crippen LogP contribution in [0.4, 0.5) is 26.0 Å². The Balaban J connectivity index is 0.000000483. The van der Waals surface area contributed by atoms with Crippen molar-refractivity contribution in [3.05, 3.63) is 83.3 Å². The first-order valence-corrected chi connectivity index (χ1v) is 14.1. The van der Waals surface area contributed by atoms with E-state index in [1.807, 2.05) is 12.1 Å². The zero-order chi connectivity index (χ0) is 31.8. The molecular weight excluding hydrogens is 582 g/mol. The zero-order valence-corrected chi connectivity index (χ0v) is 24.2. The minimum atomic E-state index is -1.11. The highest BCUT2D eigenvalue weighted by Crippen LogP contribution is 2.28. The molecule has 0 saturated heterocycles. The average molecular weight is 624 g/mol. The average Bonchev–Trinajstić information content (AvgIpc) is 3.38. The van der Waals surface area contributed by atoms with E-state index in [9.17, 15) is 18.4 Å². The van der Waals surface area contributed by atoms with E-state index in [1.54, 1.807) is 6.20 Å². The number of hydrogen-bond acceptors (Lipinski definition) is 8. The second kappa shape index (κ2) is 15.4. The lowest BCUT2D eigenvalue weighted by molar-refractivity contribution is 0.0696. The van der Waals surface area contributed by atoms with Crippen molar-refractivity contribution < 1.29 is 24.9 Å². The number of aryl methyl sites for hydroxylation is 2. The number of unbranched alkanes of at least 4 members (excludes halogenated alkanes) is 2. The van der Waals surface area contributed by atoms with Gasteiger partial charge in [0.25, 0.3) is 5.91 Å². The number of amides is 1. The molecule has 0 spiro atoms. The maximum Gasteiger partial charge on any atom is 0.335 e. The smallest absolute Gasteiger partial charge is 0.335 e. The lowest BCUT2D eigenvalue weighted by atomic mass is 10.2. The number of halogens is 2. The summed E-state index contributed by atoms with van der Waals surface area (Å²) in [5.74, 6) is -1.13. The number of rotatable bonds is 10. The predicted octanol–water partition coefficient (Wildman–Crippen LogP) is 5.82. The number of nitrogens with one attached hydrogen (secondary N) is 1. The third-order valence-corrected chi connectivity index (χ3v) is 6.89. The molecule has 5 aromatic rings. The van der Waals surface area contributed by atoms with Crippen LogP contribution in [0.3, 0.4) is 0 Å². The summed E-state index contributed by atoms with van der Waals surface area (Å²) in [4.78, 5) is 36.4. The molecule has 5 rings (SSSR count). The van der Waals surface area contributed by atoms with Gasteiger partial charge in [0.1, 0.15) is 34.0 Å². The van der Waals surface area contributed by atoms with Crippen LogP contribution in [-0.4, -0.2) is 43.0 Å². The summed E-state index contributed by atoms with van der Waals surface area (Å²) in [6.45, 7) is 3.37. The molecule has 11 nitrogen and oxygen atoms in total. The molecule has 8 N–H and O–H groups in total. The summed E-state index contributed by atoms with van der Waals surface area (Å²) in [6.07, 6.45) is 6.28. The van der Waals surface area contributed by atoms with Gasteiger partial charge in [0.05, 0.1) is 22.5 Å². The number of carbonyl (C=O) groups excluding carboxylic acids is 1. The summed E-state index contributed by atoms with van der Waals surface area (Å²) in [5, 5.41) is 11.3. The van der Waals surface area contributed by atoms with Crippen LogP contribution in [-0.2, 0) is 13.0 Å². The number of fused-ring (bicyclic) bond motifs is 3. The van der Waals surface area contributed by atoms with Crippen LogP contribution in [0.15, 0.2) is 54.7 Å². The first-order chi connectivity index (χ1) is 21.1. The number of nitrogens with two attached hydrogens (primary N) is 3. The van der Waals surface area contributed by atoms with Gasteiger partial charge in [0, 0.05) is 32.7 Å². The molecule has 45 heavy (non-hydrogen) atoms. The third-order valence-electron chi connectivity index (χ3n) is 6.89. The van der Waals surface area contributed by atoms with E-state index in [1.165, 1.54) is 18.2 Å². The van der Waals surface area contributed by atoms with Crippen LogP contribution in [0.5, 0.6) is 0 Å². The van der Waals surface area contributed by atoms with Gasteiger partial charge in [-0.3, -0.25) is 9.78 Å². The molecule has 0 atom stereocenters. The largest absolute Gasteiger partial charge is 0.478 e. The topological polar surface area (TPSA) is 188 Å². The Hall–Kier alpha value is -5.33. The lowest BCUT2D eigenvalue weighted by Crippen LogP contribution is -2.24. The second-order valence-corrected chi connectivity index (χ2v) is 10.1. The molecule has 0 fully saturated rings. The molecule has 0 bridgehead atoms. The van der Waals surface area contributed by atoms with Gasteiger partial charge in [-0.2, -0.15) is 0 Å². The summed E-state index contributed by atoms with van der Waals surface area (Å²) in [6, 6.07) is 11.0. The second-order valence-electron chi connectivity index (χ2n) is 10.1. The monoisotopic (exact) mass is 623 g/mol. The molecule has 1 amide bonds. The molecule has 0 radical (unpaired) electrons. The summed E-state index contributed by atoms with van der Waals surface area (Å²) < 4.78 is 28.0. The first-order valence-electron chi connectivity index (χ1n) is 14.1. The Bertz CT molecular complexity index is 1820. The van der Waals surface area contributed by atoms with Gasteiger partial charge in [-0.25, -0.2) is 23.5 Å². The van der Waals surface area contributed by atoms with Gasteiger partial charge in [-0.15, -0.1) is 0 Å². The van der Waals surface area contributed by atoms with Crippen LogP contribution in [0.2, 0.25) is 0 Å². The molecular formula is C32H40F2N8O3. The van der Waals surface area contributed by atoms with Crippen LogP contribution in [0, 0.1) is 11.6 Å². The number of carbonyl (C=O) groups is 2. The van der Waals surface area contributed by atoms with Gasteiger partial charge in [-0.1, -0.05) is 20.8 Å². The Morgan fingerprint density at radius 1 is 0.933 bits per heavy atom. The molecule has 0 aliphatic rings. The quantitative estimate of drug-likeness (QED) is 0.0942. The van der Waals surface area contributed by atoms with Crippen molar-refractivity contribution in [1.29, 1.82) is 0 Å². The molecule has 0 aliphatic carbocycles. The Morgan fingerprint density at radius 2 is 1.60 bits per heavy atom. The van der Waals surface area contributed by atoms with Crippen molar-refractivity contribution in [2.75, 3.05) is 23.7 Å². The van der Waals surface area contributed by atoms with Crippen molar-refractivity contribution >= 4 is 51.1 Å². The van der Waals surface area contributed by atoms with Crippen molar-refractivity contribution in [3.63, 3.8) is 0 Å². The van der Waals surface area contributed by atoms with Gasteiger partial charge in [0.2, 0.25) is 0 Å². The van der Waals surface area contributed by atoms with Crippen molar-refractivity contribution in [2.24, 2.45) is 0 Å². The number of imidazole rings is 1. The van der Waals surface area contributed by atoms with Crippen LogP contribution in [0.1, 0.15) is 68.0 Å². The number of nitrogen functional groups attached to an aromatic ring is 3. The summed E-state index contributed by atoms with van der Waals surface area (Å²) >= 11 is 0. The number of benzene rings is 2. The minimum Gasteiger partial charge on any atom is -0.478 e. The number of hydrogen-bond donors (Lipinski definition) is 5. The number of carboxylic acid groups (broad SMARTS) is 1. The van der Waals surface area contributed by atoms with E-state index >= 15 is 0 Å². The molecule has 0 aliphatic heterocycles.